The molecule has 18 heteroatoms. The highest BCUT2D eigenvalue weighted by Crippen LogP contribution is 2.37. The van der Waals surface area contributed by atoms with Crippen LogP contribution in [-0.4, -0.2) is 104 Å². The van der Waals surface area contributed by atoms with E-state index in [1.165, 1.54) is 35.1 Å². The molecule has 0 radical (unpaired) electrons. The van der Waals surface area contributed by atoms with E-state index in [0.29, 0.717) is 29.0 Å². The predicted molar refractivity (Wildman–Crippen MR) is 170 cm³/mol. The number of aliphatic hydroxyl groups excluding tert-OH is 3. The maximum Gasteiger partial charge on any atom is 0.335 e. The van der Waals surface area contributed by atoms with Crippen molar-refractivity contribution in [2.24, 2.45) is 5.92 Å². The largest absolute Gasteiger partial charge is 0.479 e. The van der Waals surface area contributed by atoms with Crippen LogP contribution in [0.25, 0.3) is 22.3 Å². The van der Waals surface area contributed by atoms with Crippen LogP contribution in [-0.2, 0) is 16.1 Å². The summed E-state index contributed by atoms with van der Waals surface area (Å²) in [4.78, 5) is 46.3. The third kappa shape index (κ3) is 6.58. The summed E-state index contributed by atoms with van der Waals surface area (Å²) in [6, 6.07) is 6.76. The number of aliphatic carboxylic acids is 1. The average Bonchev–Trinajstić information content (AvgIpc) is 3.89. The summed E-state index contributed by atoms with van der Waals surface area (Å²) in [5, 5.41) is 66.2. The smallest absolute Gasteiger partial charge is 0.335 e. The molecule has 2 aliphatic rings. The Morgan fingerprint density at radius 1 is 1.18 bits per heavy atom. The molecule has 6 rings (SSSR count). The highest BCUT2D eigenvalue weighted by atomic mass is 16.7. The van der Waals surface area contributed by atoms with Gasteiger partial charge in [-0.3, -0.25) is 19.4 Å². The number of nitriles is 1. The van der Waals surface area contributed by atoms with Gasteiger partial charge in [-0.2, -0.15) is 10.4 Å². The number of benzene rings is 1. The molecule has 50 heavy (non-hydrogen) atoms. The van der Waals surface area contributed by atoms with E-state index in [2.05, 4.69) is 21.1 Å². The van der Waals surface area contributed by atoms with Crippen LogP contribution in [0.1, 0.15) is 43.7 Å². The molecule has 1 aromatic carbocycles. The Labute approximate surface area is 283 Å². The molecule has 1 amide bonds. The lowest BCUT2D eigenvalue weighted by molar-refractivity contribution is -0.385. The fourth-order valence-electron chi connectivity index (χ4n) is 6.59. The monoisotopic (exact) mass is 690 g/mol. The average molecular weight is 691 g/mol. The van der Waals surface area contributed by atoms with Gasteiger partial charge in [-0.05, 0) is 30.9 Å². The number of fused-ring (bicyclic) bond motifs is 1. The van der Waals surface area contributed by atoms with Crippen molar-refractivity contribution in [3.8, 4) is 23.1 Å². The van der Waals surface area contributed by atoms with Gasteiger partial charge < -0.3 is 34.8 Å². The number of aromatic nitrogens is 5. The van der Waals surface area contributed by atoms with Crippen LogP contribution in [0.5, 0.6) is 5.75 Å². The van der Waals surface area contributed by atoms with Crippen LogP contribution < -0.4 is 4.74 Å². The topological polar surface area (TPSA) is 252 Å². The molecule has 18 nitrogen and oxygen atoms in total. The van der Waals surface area contributed by atoms with Crippen molar-refractivity contribution in [1.82, 2.24) is 29.2 Å². The Kier molecular flexibility index (Phi) is 9.74. The molecule has 1 saturated heterocycles. The lowest BCUT2D eigenvalue weighted by atomic mass is 9.96. The second-order valence-electron chi connectivity index (χ2n) is 12.4. The highest BCUT2D eigenvalue weighted by Gasteiger charge is 2.48. The van der Waals surface area contributed by atoms with Crippen LogP contribution in [0.2, 0.25) is 0 Å². The van der Waals surface area contributed by atoms with Crippen molar-refractivity contribution in [1.29, 1.82) is 5.26 Å². The number of nitro groups is 1. The van der Waals surface area contributed by atoms with Gasteiger partial charge in [0.25, 0.3) is 5.69 Å². The third-order valence-electron chi connectivity index (χ3n) is 9.19. The van der Waals surface area contributed by atoms with Crippen molar-refractivity contribution in [3.05, 3.63) is 64.9 Å². The summed E-state index contributed by atoms with van der Waals surface area (Å²) in [5.41, 5.74) is 1.25. The normalized spacial score (nSPS) is 23.0. The number of carbonyl (C=O) groups excluding carboxylic acids is 1. The molecule has 2 fully saturated rings. The van der Waals surface area contributed by atoms with E-state index >= 15 is 0 Å². The number of ether oxygens (including phenoxy) is 2. The fourth-order valence-corrected chi connectivity index (χ4v) is 6.59. The van der Waals surface area contributed by atoms with Crippen LogP contribution in [0, 0.1) is 27.4 Å². The zero-order chi connectivity index (χ0) is 35.7. The highest BCUT2D eigenvalue weighted by molar-refractivity contribution is 5.96. The maximum atomic E-state index is 13.8. The number of carboxylic acid groups (broad SMARTS) is 1. The first-order valence-electron chi connectivity index (χ1n) is 15.8. The van der Waals surface area contributed by atoms with Crippen LogP contribution in [0.15, 0.2) is 49.2 Å². The molecule has 1 aliphatic heterocycles. The zero-order valence-corrected chi connectivity index (χ0v) is 26.7. The van der Waals surface area contributed by atoms with E-state index in [1.807, 2.05) is 10.9 Å². The van der Waals surface area contributed by atoms with Crippen molar-refractivity contribution in [3.63, 3.8) is 0 Å². The Morgan fingerprint density at radius 3 is 2.64 bits per heavy atom. The molecular formula is C32H34N8O10. The molecule has 4 aromatic rings. The van der Waals surface area contributed by atoms with E-state index in [-0.39, 0.29) is 35.2 Å². The summed E-state index contributed by atoms with van der Waals surface area (Å²) >= 11 is 0. The summed E-state index contributed by atoms with van der Waals surface area (Å²) in [6.07, 6.45) is 1.54. The van der Waals surface area contributed by atoms with Gasteiger partial charge >= 0.3 is 12.0 Å². The van der Waals surface area contributed by atoms with Gasteiger partial charge in [-0.15, -0.1) is 0 Å². The maximum absolute atomic E-state index is 13.8. The molecule has 3 aromatic heterocycles. The van der Waals surface area contributed by atoms with Crippen molar-refractivity contribution in [2.45, 2.75) is 75.4 Å². The van der Waals surface area contributed by atoms with Crippen molar-refractivity contribution < 1.29 is 44.4 Å². The van der Waals surface area contributed by atoms with Gasteiger partial charge in [-0.25, -0.2) is 19.6 Å². The lowest BCUT2D eigenvalue weighted by Crippen LogP contribution is -2.61. The molecular weight excluding hydrogens is 656 g/mol. The standard InChI is InChI=1S/C32H34N8O10/c1-37(14-18-12-20(40(47)48)6-7-23(18)49-31-27(43)25(41)26(42)28(50-31)30(44)45)32(46)38-11-9-21-24(34-16-35-29(21)38)19-13-36-39(15-19)22(8-10-33)17-4-2-3-5-17/h6-7,9,11-13,15-17,22,25-28,31,41-43H,2-5,8,14H2,1H3,(H,44,45)/t22-,25+,26+,27-,28+,31-/m1/s1. The second-order valence-corrected chi connectivity index (χ2v) is 12.4. The van der Waals surface area contributed by atoms with Gasteiger partial charge in [0.15, 0.2) is 11.8 Å². The Bertz CT molecular complexity index is 1950. The van der Waals surface area contributed by atoms with Crippen molar-refractivity contribution >= 4 is 28.7 Å². The number of hydrogen-bond acceptors (Lipinski definition) is 13. The Balaban J connectivity index is 1.25. The van der Waals surface area contributed by atoms with Crippen LogP contribution >= 0.6 is 0 Å². The summed E-state index contributed by atoms with van der Waals surface area (Å²) in [7, 11) is 1.44. The fraction of sp³-hybridized carbons (Fsp3) is 0.438. The molecule has 1 aliphatic carbocycles. The number of nitrogens with zero attached hydrogens (tertiary/aromatic N) is 8. The number of nitro benzene ring substituents is 1. The lowest BCUT2D eigenvalue weighted by Gasteiger charge is -2.38. The number of aliphatic hydroxyl groups is 3. The zero-order valence-electron chi connectivity index (χ0n) is 26.7. The van der Waals surface area contributed by atoms with Crippen LogP contribution in [0.4, 0.5) is 10.5 Å². The SMILES string of the molecule is CN(Cc1cc([N+](=O)[O-])ccc1O[C@@H]1O[C@H](C(=O)O)[C@@H](O)[C@H](O)[C@H]1O)C(=O)n1ccc2c(-c3cnn([C@H](CC#N)C4CCCC4)c3)ncnc21. The molecule has 262 valence electrons. The third-order valence-corrected chi connectivity index (χ3v) is 9.19. The Morgan fingerprint density at radius 2 is 1.94 bits per heavy atom. The van der Waals surface area contributed by atoms with E-state index in [1.54, 1.807) is 12.3 Å². The molecule has 1 saturated carbocycles. The molecule has 6 atom stereocenters. The van der Waals surface area contributed by atoms with E-state index in [9.17, 15) is 45.4 Å². The number of amides is 1. The summed E-state index contributed by atoms with van der Waals surface area (Å²) in [5.74, 6) is -1.36. The minimum absolute atomic E-state index is 0.0562. The van der Waals surface area contributed by atoms with E-state index in [4.69, 9.17) is 9.47 Å². The predicted octanol–water partition coefficient (Wildman–Crippen LogP) is 2.22. The summed E-state index contributed by atoms with van der Waals surface area (Å²) < 4.78 is 14.0. The first-order chi connectivity index (χ1) is 24.0. The molecule has 0 unspecified atom stereocenters. The first-order valence-corrected chi connectivity index (χ1v) is 15.8. The second kappa shape index (κ2) is 14.2. The number of carboxylic acids is 1. The quantitative estimate of drug-likeness (QED) is 0.138. The van der Waals surface area contributed by atoms with E-state index in [0.717, 1.165) is 37.8 Å². The van der Waals surface area contributed by atoms with Gasteiger partial charge in [0.1, 0.15) is 30.4 Å². The van der Waals surface area contributed by atoms with Gasteiger partial charge in [0.05, 0.1) is 41.9 Å². The minimum atomic E-state index is -1.95. The molecule has 4 heterocycles. The van der Waals surface area contributed by atoms with E-state index < -0.39 is 47.6 Å². The molecule has 0 spiro atoms. The van der Waals surface area contributed by atoms with Gasteiger partial charge in [0, 0.05) is 48.1 Å². The number of non-ortho nitro benzene ring substituents is 1. The summed E-state index contributed by atoms with van der Waals surface area (Å²) in [6.45, 7) is -0.266. The molecule has 0 bridgehead atoms. The van der Waals surface area contributed by atoms with Gasteiger partial charge in [-0.1, -0.05) is 12.8 Å². The van der Waals surface area contributed by atoms with Crippen molar-refractivity contribution in [2.75, 3.05) is 7.05 Å². The number of rotatable bonds is 10. The van der Waals surface area contributed by atoms with Crippen LogP contribution in [0.3, 0.4) is 0 Å². The first kappa shape index (κ1) is 34.4. The van der Waals surface area contributed by atoms with Gasteiger partial charge in [0.2, 0.25) is 6.29 Å². The Hall–Kier alpha value is -5.48. The number of carbonyl (C=O) groups is 2. The minimum Gasteiger partial charge on any atom is -0.479 e. The number of hydrogen-bond donors (Lipinski definition) is 4. The molecule has 4 N–H and O–H groups in total.